The smallest absolute Gasteiger partial charge is 0.217 e. The first kappa shape index (κ1) is 24.9. The van der Waals surface area contributed by atoms with Crippen LogP contribution in [0, 0.1) is 13.8 Å². The molecule has 0 amide bonds. The molecule has 3 aliphatic rings. The SMILES string of the molecule is Cc1cccc(-c2ccc([C@@H]3C(CO)N4CCCCN(S(=O)(=O)C5CCCCC5)C[C@@H]34)cc2)c1C. The van der Waals surface area contributed by atoms with Crippen LogP contribution in [0.4, 0.5) is 0 Å². The number of aliphatic hydroxyl groups is 1. The zero-order chi connectivity index (χ0) is 24.6. The first-order chi connectivity index (χ1) is 16.9. The molecule has 0 radical (unpaired) electrons. The summed E-state index contributed by atoms with van der Waals surface area (Å²) in [6, 6.07) is 15.4. The molecular formula is C29H40N2O3S. The normalized spacial score (nSPS) is 27.0. The molecule has 2 aliphatic heterocycles. The van der Waals surface area contributed by atoms with Crippen LogP contribution in [0.2, 0.25) is 0 Å². The molecular weight excluding hydrogens is 456 g/mol. The third-order valence-corrected chi connectivity index (χ3v) is 11.2. The number of rotatable bonds is 5. The van der Waals surface area contributed by atoms with Gasteiger partial charge in [0, 0.05) is 31.1 Å². The average Bonchev–Trinajstić information content (AvgIpc) is 2.85. The number of nitrogens with zero attached hydrogens (tertiary/aromatic N) is 2. The second kappa shape index (κ2) is 10.3. The molecule has 2 saturated heterocycles. The largest absolute Gasteiger partial charge is 0.395 e. The lowest BCUT2D eigenvalue weighted by Gasteiger charge is -2.57. The average molecular weight is 497 g/mol. The molecule has 6 heteroatoms. The second-order valence-corrected chi connectivity index (χ2v) is 13.0. The van der Waals surface area contributed by atoms with E-state index in [1.165, 1.54) is 27.8 Å². The van der Waals surface area contributed by atoms with E-state index in [0.717, 1.165) is 51.5 Å². The lowest BCUT2D eigenvalue weighted by Crippen LogP contribution is -2.68. The molecule has 2 aromatic rings. The molecule has 190 valence electrons. The van der Waals surface area contributed by atoms with E-state index in [1.54, 1.807) is 0 Å². The van der Waals surface area contributed by atoms with Gasteiger partial charge in [-0.05, 0) is 73.9 Å². The van der Waals surface area contributed by atoms with Gasteiger partial charge in [0.2, 0.25) is 10.0 Å². The summed E-state index contributed by atoms with van der Waals surface area (Å²) in [5, 5.41) is 10.1. The topological polar surface area (TPSA) is 60.9 Å². The van der Waals surface area contributed by atoms with Gasteiger partial charge in [-0.2, -0.15) is 0 Å². The predicted octanol–water partition coefficient (Wildman–Crippen LogP) is 4.86. The van der Waals surface area contributed by atoms with Crippen molar-refractivity contribution in [2.45, 2.75) is 82.0 Å². The summed E-state index contributed by atoms with van der Waals surface area (Å²) in [6.07, 6.45) is 6.67. The molecule has 1 saturated carbocycles. The zero-order valence-corrected chi connectivity index (χ0v) is 22.0. The van der Waals surface area contributed by atoms with Crippen LogP contribution in [0.1, 0.15) is 67.6 Å². The van der Waals surface area contributed by atoms with Crippen LogP contribution in [-0.4, -0.2) is 66.3 Å². The van der Waals surface area contributed by atoms with Gasteiger partial charge in [-0.25, -0.2) is 12.7 Å². The number of hydrogen-bond donors (Lipinski definition) is 1. The zero-order valence-electron chi connectivity index (χ0n) is 21.2. The Hall–Kier alpha value is -1.73. The van der Waals surface area contributed by atoms with Crippen LogP contribution < -0.4 is 0 Å². The van der Waals surface area contributed by atoms with Crippen molar-refractivity contribution in [2.75, 3.05) is 26.2 Å². The first-order valence-corrected chi connectivity index (χ1v) is 14.9. The predicted molar refractivity (Wildman–Crippen MR) is 142 cm³/mol. The van der Waals surface area contributed by atoms with Gasteiger partial charge in [-0.1, -0.05) is 61.7 Å². The van der Waals surface area contributed by atoms with E-state index in [-0.39, 0.29) is 29.9 Å². The summed E-state index contributed by atoms with van der Waals surface area (Å²) in [6.45, 7) is 6.52. The van der Waals surface area contributed by atoms with Gasteiger partial charge in [0.15, 0.2) is 0 Å². The lowest BCUT2D eigenvalue weighted by atomic mass is 9.74. The fourth-order valence-electron chi connectivity index (χ4n) is 6.66. The molecule has 2 heterocycles. The Morgan fingerprint density at radius 2 is 1.63 bits per heavy atom. The Morgan fingerprint density at radius 3 is 2.34 bits per heavy atom. The van der Waals surface area contributed by atoms with E-state index in [4.69, 9.17) is 0 Å². The van der Waals surface area contributed by atoms with Crippen molar-refractivity contribution in [2.24, 2.45) is 0 Å². The number of hydrogen-bond acceptors (Lipinski definition) is 4. The van der Waals surface area contributed by atoms with Crippen LogP contribution in [0.5, 0.6) is 0 Å². The molecule has 3 fully saturated rings. The fourth-order valence-corrected chi connectivity index (χ4v) is 8.76. The van der Waals surface area contributed by atoms with Crippen molar-refractivity contribution in [1.29, 1.82) is 0 Å². The monoisotopic (exact) mass is 496 g/mol. The number of fused-ring (bicyclic) bond motifs is 1. The Morgan fingerprint density at radius 1 is 0.914 bits per heavy atom. The first-order valence-electron chi connectivity index (χ1n) is 13.4. The molecule has 1 unspecified atom stereocenters. The molecule has 5 rings (SSSR count). The van der Waals surface area contributed by atoms with E-state index in [0.29, 0.717) is 13.1 Å². The minimum Gasteiger partial charge on any atom is -0.395 e. The second-order valence-electron chi connectivity index (χ2n) is 10.8. The van der Waals surface area contributed by atoms with E-state index in [9.17, 15) is 13.5 Å². The lowest BCUT2D eigenvalue weighted by molar-refractivity contribution is -0.0554. The summed E-state index contributed by atoms with van der Waals surface area (Å²) >= 11 is 0. The highest BCUT2D eigenvalue weighted by atomic mass is 32.2. The molecule has 1 aliphatic carbocycles. The molecule has 0 aromatic heterocycles. The molecule has 3 atom stereocenters. The van der Waals surface area contributed by atoms with E-state index < -0.39 is 10.0 Å². The minimum atomic E-state index is -3.28. The maximum Gasteiger partial charge on any atom is 0.217 e. The van der Waals surface area contributed by atoms with E-state index in [1.807, 2.05) is 4.31 Å². The van der Waals surface area contributed by atoms with E-state index >= 15 is 0 Å². The van der Waals surface area contributed by atoms with Crippen molar-refractivity contribution < 1.29 is 13.5 Å². The van der Waals surface area contributed by atoms with Crippen LogP contribution in [0.15, 0.2) is 42.5 Å². The summed E-state index contributed by atoms with van der Waals surface area (Å²) in [5.74, 6) is 0.148. The van der Waals surface area contributed by atoms with Crippen LogP contribution in [0.3, 0.4) is 0 Å². The third-order valence-electron chi connectivity index (χ3n) is 8.88. The van der Waals surface area contributed by atoms with Gasteiger partial charge < -0.3 is 5.11 Å². The number of benzene rings is 2. The van der Waals surface area contributed by atoms with Gasteiger partial charge in [-0.3, -0.25) is 4.90 Å². The Kier molecular flexibility index (Phi) is 7.36. The van der Waals surface area contributed by atoms with Gasteiger partial charge >= 0.3 is 0 Å². The highest BCUT2D eigenvalue weighted by Crippen LogP contribution is 2.43. The van der Waals surface area contributed by atoms with Crippen molar-refractivity contribution in [3.63, 3.8) is 0 Å². The van der Waals surface area contributed by atoms with Crippen LogP contribution in [-0.2, 0) is 10.0 Å². The van der Waals surface area contributed by atoms with Crippen LogP contribution >= 0.6 is 0 Å². The highest BCUT2D eigenvalue weighted by Gasteiger charge is 2.50. The van der Waals surface area contributed by atoms with Gasteiger partial charge in [0.05, 0.1) is 11.9 Å². The number of aryl methyl sites for hydroxylation is 1. The van der Waals surface area contributed by atoms with Gasteiger partial charge in [0.25, 0.3) is 0 Å². The minimum absolute atomic E-state index is 0.0592. The van der Waals surface area contributed by atoms with Gasteiger partial charge in [0.1, 0.15) is 0 Å². The molecule has 2 aromatic carbocycles. The number of sulfonamides is 1. The number of aliphatic hydroxyl groups excluding tert-OH is 1. The Balaban J connectivity index is 1.40. The summed E-state index contributed by atoms with van der Waals surface area (Å²) in [5.41, 5.74) is 6.24. The van der Waals surface area contributed by atoms with Crippen molar-refractivity contribution in [3.8, 4) is 11.1 Å². The van der Waals surface area contributed by atoms with Crippen molar-refractivity contribution in [1.82, 2.24) is 9.21 Å². The van der Waals surface area contributed by atoms with E-state index in [2.05, 4.69) is 61.2 Å². The highest BCUT2D eigenvalue weighted by molar-refractivity contribution is 7.89. The van der Waals surface area contributed by atoms with Gasteiger partial charge in [-0.15, -0.1) is 0 Å². The van der Waals surface area contributed by atoms with Crippen LogP contribution in [0.25, 0.3) is 11.1 Å². The van der Waals surface area contributed by atoms with Crippen molar-refractivity contribution in [3.05, 3.63) is 59.2 Å². The maximum atomic E-state index is 13.6. The fraction of sp³-hybridized carbons (Fsp3) is 0.586. The molecule has 5 nitrogen and oxygen atoms in total. The molecule has 35 heavy (non-hydrogen) atoms. The Bertz CT molecular complexity index is 1130. The summed E-state index contributed by atoms with van der Waals surface area (Å²) in [7, 11) is -3.28. The quantitative estimate of drug-likeness (QED) is 0.642. The Labute approximate surface area is 211 Å². The summed E-state index contributed by atoms with van der Waals surface area (Å²) < 4.78 is 29.0. The van der Waals surface area contributed by atoms with Crippen molar-refractivity contribution >= 4 is 10.0 Å². The standard InChI is InChI=1S/C29H40N2O3S/c1-21-9-8-12-26(22(21)2)23-13-15-24(16-14-23)29-27-19-30(17-6-7-18-31(27)28(29)20-32)35(33,34)25-10-4-3-5-11-25/h8-9,12-16,25,27-29,32H,3-7,10-11,17-20H2,1-2H3/t27-,28?,29-/m0/s1. The summed E-state index contributed by atoms with van der Waals surface area (Å²) in [4.78, 5) is 2.37. The molecule has 0 spiro atoms. The maximum absolute atomic E-state index is 13.6. The molecule has 1 N–H and O–H groups in total. The third kappa shape index (κ3) is 4.71. The molecule has 0 bridgehead atoms.